The average molecular weight is 669 g/mol. The molecule has 0 aliphatic rings. The van der Waals surface area contributed by atoms with Crippen LogP contribution in [0.1, 0.15) is 175 Å². The molecule has 0 saturated heterocycles. The van der Waals surface area contributed by atoms with Gasteiger partial charge in [-0.05, 0) is 110 Å². The lowest BCUT2D eigenvalue weighted by Gasteiger charge is -2.22. The molecule has 1 aromatic carbocycles. The van der Waals surface area contributed by atoms with E-state index in [2.05, 4.69) is 104 Å². The molecule has 4 nitrogen and oxygen atoms in total. The summed E-state index contributed by atoms with van der Waals surface area (Å²) >= 11 is 0. The van der Waals surface area contributed by atoms with E-state index in [9.17, 15) is 13.5 Å². The Hall–Kier alpha value is -0.910. The highest BCUT2D eigenvalue weighted by atomic mass is 32.2. The summed E-state index contributed by atoms with van der Waals surface area (Å²) in [7, 11) is -3.24. The first-order valence-corrected chi connectivity index (χ1v) is 19.3. The van der Waals surface area contributed by atoms with Crippen molar-refractivity contribution in [2.45, 2.75) is 192 Å². The summed E-state index contributed by atoms with van der Waals surface area (Å²) in [6.07, 6.45) is 8.87. The van der Waals surface area contributed by atoms with Crippen molar-refractivity contribution < 1.29 is 18.3 Å². The Morgan fingerprint density at radius 3 is 1.33 bits per heavy atom. The zero-order valence-electron chi connectivity index (χ0n) is 34.0. The number of hydrogen-bond acceptors (Lipinski definition) is 4. The summed E-state index contributed by atoms with van der Waals surface area (Å²) in [5.41, 5.74) is 3.09. The molecule has 0 aliphatic carbocycles. The van der Waals surface area contributed by atoms with Crippen molar-refractivity contribution in [1.82, 2.24) is 0 Å². The van der Waals surface area contributed by atoms with Gasteiger partial charge in [-0.15, -0.1) is 0 Å². The molecule has 0 bridgehead atoms. The van der Waals surface area contributed by atoms with Gasteiger partial charge in [0, 0.05) is 6.61 Å². The highest BCUT2D eigenvalue weighted by molar-refractivity contribution is 7.92. The molecule has 274 valence electrons. The number of benzene rings is 1. The third-order valence-electron chi connectivity index (χ3n) is 7.43. The summed E-state index contributed by atoms with van der Waals surface area (Å²) < 4.78 is 29.3. The van der Waals surface area contributed by atoms with E-state index in [1.54, 1.807) is 32.9 Å². The Labute approximate surface area is 289 Å². The second-order valence-corrected chi connectivity index (χ2v) is 23.2. The third kappa shape index (κ3) is 28.1. The van der Waals surface area contributed by atoms with Crippen LogP contribution in [0.15, 0.2) is 29.2 Å². The molecule has 5 heteroatoms. The van der Waals surface area contributed by atoms with E-state index in [0.29, 0.717) is 33.2 Å². The van der Waals surface area contributed by atoms with Gasteiger partial charge in [0.05, 0.1) is 22.4 Å². The lowest BCUT2D eigenvalue weighted by atomic mass is 9.84. The predicted octanol–water partition coefficient (Wildman–Crippen LogP) is 12.1. The maximum atomic E-state index is 12.3. The Kier molecular flexibility index (Phi) is 19.8. The molecular weight excluding hydrogens is 589 g/mol. The van der Waals surface area contributed by atoms with Crippen LogP contribution in [-0.4, -0.2) is 37.6 Å². The standard InChI is InChI=1S/C16H26O2S.C14H30O2.C11H24/c1-15(2,3)12-11-13-7-9-14(10-8-13)19(17,18)16(4,5)6;1-13(2,3)8-7-9-16-11-12(15)10-14(4,5)6;1-10(2,3)8-7-9-11(4,5)6/h7-10H,11-12H2,1-6H3;12,15H,7-11H2,1-6H3;7-9H2,1-6H3. The fourth-order valence-electron chi connectivity index (χ4n) is 4.55. The van der Waals surface area contributed by atoms with Crippen LogP contribution < -0.4 is 0 Å². The Morgan fingerprint density at radius 1 is 0.587 bits per heavy atom. The van der Waals surface area contributed by atoms with E-state index >= 15 is 0 Å². The molecule has 1 rings (SSSR count). The van der Waals surface area contributed by atoms with Crippen molar-refractivity contribution in [2.75, 3.05) is 13.2 Å². The minimum atomic E-state index is -3.24. The van der Waals surface area contributed by atoms with Crippen molar-refractivity contribution in [3.63, 3.8) is 0 Å². The molecule has 1 N–H and O–H groups in total. The molecule has 0 saturated carbocycles. The topological polar surface area (TPSA) is 63.6 Å². The number of hydrogen-bond donors (Lipinski definition) is 1. The Morgan fingerprint density at radius 2 is 0.978 bits per heavy atom. The molecule has 0 amide bonds. The molecule has 46 heavy (non-hydrogen) atoms. The van der Waals surface area contributed by atoms with E-state index in [0.717, 1.165) is 32.3 Å². The van der Waals surface area contributed by atoms with Gasteiger partial charge < -0.3 is 9.84 Å². The lowest BCUT2D eigenvalue weighted by Crippen LogP contribution is -2.27. The van der Waals surface area contributed by atoms with Gasteiger partial charge in [-0.1, -0.05) is 122 Å². The second kappa shape index (κ2) is 19.3. The molecule has 0 aromatic heterocycles. The van der Waals surface area contributed by atoms with Crippen molar-refractivity contribution in [3.8, 4) is 0 Å². The molecular formula is C41H80O4S. The van der Waals surface area contributed by atoms with Crippen LogP contribution in [0.5, 0.6) is 0 Å². The third-order valence-corrected chi connectivity index (χ3v) is 9.94. The summed E-state index contributed by atoms with van der Waals surface area (Å²) in [6, 6.07) is 7.34. The first-order chi connectivity index (χ1) is 20.2. The zero-order chi connectivity index (χ0) is 36.8. The normalized spacial score (nSPS) is 14.2. The van der Waals surface area contributed by atoms with Gasteiger partial charge in [0.25, 0.3) is 0 Å². The number of ether oxygens (including phenoxy) is 1. The van der Waals surface area contributed by atoms with Gasteiger partial charge in [0.15, 0.2) is 9.84 Å². The number of aliphatic hydroxyl groups is 1. The monoisotopic (exact) mass is 669 g/mol. The van der Waals surface area contributed by atoms with Crippen molar-refractivity contribution in [3.05, 3.63) is 29.8 Å². The maximum Gasteiger partial charge on any atom is 0.183 e. The summed E-state index contributed by atoms with van der Waals surface area (Å²) in [5, 5.41) is 9.72. The molecule has 1 atom stereocenters. The fraction of sp³-hybridized carbons (Fsp3) is 0.854. The average Bonchev–Trinajstić information content (AvgIpc) is 2.79. The summed E-state index contributed by atoms with van der Waals surface area (Å²) in [5.74, 6) is 0. The molecule has 0 fully saturated rings. The summed E-state index contributed by atoms with van der Waals surface area (Å²) in [4.78, 5) is 0.416. The van der Waals surface area contributed by atoms with Gasteiger partial charge in [-0.25, -0.2) is 8.42 Å². The van der Waals surface area contributed by atoms with Crippen molar-refractivity contribution >= 4 is 9.84 Å². The molecule has 1 aromatic rings. The number of sulfone groups is 1. The lowest BCUT2D eigenvalue weighted by molar-refractivity contribution is 0.0134. The van der Waals surface area contributed by atoms with E-state index in [4.69, 9.17) is 4.74 Å². The quantitative estimate of drug-likeness (QED) is 0.238. The van der Waals surface area contributed by atoms with Gasteiger partial charge in [-0.2, -0.15) is 0 Å². The fourth-order valence-corrected chi connectivity index (χ4v) is 5.75. The predicted molar refractivity (Wildman–Crippen MR) is 204 cm³/mol. The highest BCUT2D eigenvalue weighted by Gasteiger charge is 2.30. The van der Waals surface area contributed by atoms with E-state index in [1.807, 2.05) is 12.1 Å². The van der Waals surface area contributed by atoms with Crippen LogP contribution in [0.2, 0.25) is 0 Å². The summed E-state index contributed by atoms with van der Waals surface area (Å²) in [6.45, 7) is 40.1. The minimum Gasteiger partial charge on any atom is -0.391 e. The van der Waals surface area contributed by atoms with Crippen LogP contribution >= 0.6 is 0 Å². The van der Waals surface area contributed by atoms with Crippen molar-refractivity contribution in [1.29, 1.82) is 0 Å². The first-order valence-electron chi connectivity index (χ1n) is 17.8. The van der Waals surface area contributed by atoms with Crippen LogP contribution in [0.3, 0.4) is 0 Å². The molecule has 0 spiro atoms. The van der Waals surface area contributed by atoms with Crippen LogP contribution in [0.25, 0.3) is 0 Å². The number of aliphatic hydroxyl groups excluding tert-OH is 1. The molecule has 0 radical (unpaired) electrons. The maximum absolute atomic E-state index is 12.3. The minimum absolute atomic E-state index is 0.175. The van der Waals surface area contributed by atoms with Crippen LogP contribution in [0, 0.1) is 27.1 Å². The van der Waals surface area contributed by atoms with Gasteiger partial charge >= 0.3 is 0 Å². The number of rotatable bonds is 11. The van der Waals surface area contributed by atoms with E-state index < -0.39 is 14.6 Å². The zero-order valence-corrected chi connectivity index (χ0v) is 34.9. The van der Waals surface area contributed by atoms with Gasteiger partial charge in [0.2, 0.25) is 0 Å². The smallest absolute Gasteiger partial charge is 0.183 e. The van der Waals surface area contributed by atoms with Crippen molar-refractivity contribution in [2.24, 2.45) is 27.1 Å². The second-order valence-electron chi connectivity index (χ2n) is 20.5. The molecule has 0 aliphatic heterocycles. The number of aryl methyl sites for hydroxylation is 1. The Balaban J connectivity index is 0. The van der Waals surface area contributed by atoms with Gasteiger partial charge in [-0.3, -0.25) is 0 Å². The van der Waals surface area contributed by atoms with Crippen LogP contribution in [-0.2, 0) is 21.0 Å². The SMILES string of the molecule is CC(C)(C)CCCC(C)(C)C.CC(C)(C)CCCOCC(O)CC(C)(C)C.CC(C)(C)CCc1ccc(S(=O)(=O)C(C)(C)C)cc1. The van der Waals surface area contributed by atoms with E-state index in [-0.39, 0.29) is 11.5 Å². The van der Waals surface area contributed by atoms with Gasteiger partial charge in [0.1, 0.15) is 0 Å². The highest BCUT2D eigenvalue weighted by Crippen LogP contribution is 2.28. The first kappa shape index (κ1) is 47.2. The van der Waals surface area contributed by atoms with Crippen LogP contribution in [0.4, 0.5) is 0 Å². The molecule has 0 heterocycles. The Bertz CT molecular complexity index is 1010. The largest absolute Gasteiger partial charge is 0.391 e. The van der Waals surface area contributed by atoms with E-state index in [1.165, 1.54) is 31.2 Å². The molecule has 1 unspecified atom stereocenters.